The van der Waals surface area contributed by atoms with E-state index >= 15 is 0 Å². The quantitative estimate of drug-likeness (QED) is 0.653. The van der Waals surface area contributed by atoms with E-state index in [9.17, 15) is 9.59 Å². The molecule has 1 fully saturated rings. The highest BCUT2D eigenvalue weighted by Crippen LogP contribution is 2.25. The van der Waals surface area contributed by atoms with Crippen LogP contribution in [0.4, 0.5) is 0 Å². The number of thiophene rings is 1. The average molecular weight is 403 g/mol. The van der Waals surface area contributed by atoms with Crippen LogP contribution in [0.1, 0.15) is 34.6 Å². The molecule has 3 rings (SSSR count). The molecule has 0 aliphatic carbocycles. The lowest BCUT2D eigenvalue weighted by atomic mass is 10.1. The molecule has 1 atom stereocenters. The summed E-state index contributed by atoms with van der Waals surface area (Å²) in [5.41, 5.74) is 0.656. The highest BCUT2D eigenvalue weighted by molar-refractivity contribution is 7.10. The number of nitrogens with one attached hydrogen (secondary N) is 1. The van der Waals surface area contributed by atoms with Gasteiger partial charge in [0.2, 0.25) is 0 Å². The van der Waals surface area contributed by atoms with Crippen LogP contribution in [0, 0.1) is 0 Å². The fraction of sp³-hybridized carbons (Fsp3) is 0.429. The summed E-state index contributed by atoms with van der Waals surface area (Å²) < 4.78 is 11.0. The molecule has 1 aliphatic heterocycles. The summed E-state index contributed by atoms with van der Waals surface area (Å²) in [6.45, 7) is 5.46. The van der Waals surface area contributed by atoms with Gasteiger partial charge in [0.25, 0.3) is 5.91 Å². The second-order valence-corrected chi connectivity index (χ2v) is 7.55. The maximum absolute atomic E-state index is 12.3. The first-order chi connectivity index (χ1) is 13.7. The average Bonchev–Trinajstić information content (AvgIpc) is 3.27. The zero-order valence-electron chi connectivity index (χ0n) is 16.1. The molecule has 0 radical (unpaired) electrons. The zero-order valence-corrected chi connectivity index (χ0v) is 16.9. The molecular formula is C21H26N2O4S. The van der Waals surface area contributed by atoms with Crippen molar-refractivity contribution in [2.24, 2.45) is 0 Å². The van der Waals surface area contributed by atoms with Gasteiger partial charge in [-0.15, -0.1) is 11.3 Å². The number of Topliss-reactive ketones (excluding diaryl/α,β-unsaturated/α-hetero) is 1. The Labute approximate surface area is 169 Å². The first kappa shape index (κ1) is 20.5. The van der Waals surface area contributed by atoms with Crippen LogP contribution in [-0.4, -0.2) is 56.0 Å². The Morgan fingerprint density at radius 2 is 1.96 bits per heavy atom. The lowest BCUT2D eigenvalue weighted by molar-refractivity contribution is -0.123. The Morgan fingerprint density at radius 1 is 1.21 bits per heavy atom. The Balaban J connectivity index is 1.50. The molecule has 6 nitrogen and oxygen atoms in total. The first-order valence-corrected chi connectivity index (χ1v) is 10.4. The van der Waals surface area contributed by atoms with Gasteiger partial charge in [0.05, 0.1) is 19.3 Å². The summed E-state index contributed by atoms with van der Waals surface area (Å²) >= 11 is 1.70. The lowest BCUT2D eigenvalue weighted by Gasteiger charge is -2.34. The van der Waals surface area contributed by atoms with Gasteiger partial charge in [0.1, 0.15) is 5.75 Å². The van der Waals surface area contributed by atoms with E-state index in [4.69, 9.17) is 9.47 Å². The molecule has 1 saturated heterocycles. The second-order valence-electron chi connectivity index (χ2n) is 6.57. The topological polar surface area (TPSA) is 67.9 Å². The number of amides is 1. The summed E-state index contributed by atoms with van der Waals surface area (Å²) in [5.74, 6) is 0.501. The van der Waals surface area contributed by atoms with Crippen LogP contribution in [0.5, 0.6) is 5.75 Å². The van der Waals surface area contributed by atoms with Gasteiger partial charge in [0, 0.05) is 36.5 Å². The molecule has 0 unspecified atom stereocenters. The third-order valence-electron chi connectivity index (χ3n) is 4.72. The SMILES string of the molecule is CCC(=O)c1ccc(OCC(=O)NC[C@@H](c2cccs2)N2CCOCC2)cc1. The van der Waals surface area contributed by atoms with Crippen LogP contribution in [0.15, 0.2) is 41.8 Å². The molecule has 1 N–H and O–H groups in total. The molecule has 7 heteroatoms. The second kappa shape index (κ2) is 10.4. The number of carbonyl (C=O) groups excluding carboxylic acids is 2. The van der Waals surface area contributed by atoms with Crippen molar-refractivity contribution in [1.82, 2.24) is 10.2 Å². The number of nitrogens with zero attached hydrogens (tertiary/aromatic N) is 1. The molecule has 1 aromatic heterocycles. The van der Waals surface area contributed by atoms with E-state index in [0.29, 0.717) is 24.3 Å². The Kier molecular flexibility index (Phi) is 7.59. The van der Waals surface area contributed by atoms with Crippen molar-refractivity contribution < 1.29 is 19.1 Å². The maximum atomic E-state index is 12.3. The fourth-order valence-corrected chi connectivity index (χ4v) is 3.99. The number of rotatable bonds is 9. The van der Waals surface area contributed by atoms with Gasteiger partial charge in [-0.3, -0.25) is 14.5 Å². The minimum Gasteiger partial charge on any atom is -0.484 e. The van der Waals surface area contributed by atoms with Crippen molar-refractivity contribution in [2.75, 3.05) is 39.5 Å². The van der Waals surface area contributed by atoms with Gasteiger partial charge in [-0.05, 0) is 35.7 Å². The van der Waals surface area contributed by atoms with Gasteiger partial charge >= 0.3 is 0 Å². The van der Waals surface area contributed by atoms with Crippen molar-refractivity contribution in [3.05, 3.63) is 52.2 Å². The molecule has 0 saturated carbocycles. The van der Waals surface area contributed by atoms with Gasteiger partial charge in [-0.1, -0.05) is 13.0 Å². The van der Waals surface area contributed by atoms with E-state index in [0.717, 1.165) is 26.3 Å². The van der Waals surface area contributed by atoms with Crippen molar-refractivity contribution in [3.63, 3.8) is 0 Å². The highest BCUT2D eigenvalue weighted by Gasteiger charge is 2.24. The number of hydrogen-bond acceptors (Lipinski definition) is 6. The van der Waals surface area contributed by atoms with Crippen molar-refractivity contribution in [1.29, 1.82) is 0 Å². The molecule has 28 heavy (non-hydrogen) atoms. The van der Waals surface area contributed by atoms with E-state index in [2.05, 4.69) is 21.7 Å². The molecule has 2 aromatic rings. The van der Waals surface area contributed by atoms with Crippen LogP contribution in [0.25, 0.3) is 0 Å². The Hall–Kier alpha value is -2.22. The van der Waals surface area contributed by atoms with Crippen LogP contribution in [0.2, 0.25) is 0 Å². The number of hydrogen-bond donors (Lipinski definition) is 1. The van der Waals surface area contributed by atoms with Crippen LogP contribution in [0.3, 0.4) is 0 Å². The number of carbonyl (C=O) groups is 2. The van der Waals surface area contributed by atoms with Gasteiger partial charge in [0.15, 0.2) is 12.4 Å². The summed E-state index contributed by atoms with van der Waals surface area (Å²) in [6.07, 6.45) is 0.469. The molecule has 150 valence electrons. The smallest absolute Gasteiger partial charge is 0.258 e. The Morgan fingerprint density at radius 3 is 2.61 bits per heavy atom. The largest absolute Gasteiger partial charge is 0.484 e. The molecule has 1 aromatic carbocycles. The van der Waals surface area contributed by atoms with Crippen LogP contribution >= 0.6 is 11.3 Å². The normalized spacial score (nSPS) is 15.8. The summed E-state index contributed by atoms with van der Waals surface area (Å²) in [6, 6.07) is 11.2. The predicted octanol–water partition coefficient (Wildman–Crippen LogP) is 2.91. The molecule has 2 heterocycles. The molecule has 0 bridgehead atoms. The van der Waals surface area contributed by atoms with Gasteiger partial charge in [-0.2, -0.15) is 0 Å². The van der Waals surface area contributed by atoms with E-state index in [1.165, 1.54) is 4.88 Å². The zero-order chi connectivity index (χ0) is 19.8. The third kappa shape index (κ3) is 5.64. The summed E-state index contributed by atoms with van der Waals surface area (Å²) in [5, 5.41) is 5.04. The lowest BCUT2D eigenvalue weighted by Crippen LogP contribution is -2.44. The number of ketones is 1. The van der Waals surface area contributed by atoms with Gasteiger partial charge in [-0.25, -0.2) is 0 Å². The minimum atomic E-state index is -0.163. The van der Waals surface area contributed by atoms with E-state index < -0.39 is 0 Å². The molecular weight excluding hydrogens is 376 g/mol. The monoisotopic (exact) mass is 402 g/mol. The van der Waals surface area contributed by atoms with Gasteiger partial charge < -0.3 is 14.8 Å². The standard InChI is InChI=1S/C21H26N2O4S/c1-2-19(24)16-5-7-17(8-6-16)27-15-21(25)22-14-18(20-4-3-13-28-20)23-9-11-26-12-10-23/h3-8,13,18H,2,9-12,14-15H2,1H3,(H,22,25)/t18-/m0/s1. The Bertz CT molecular complexity index is 755. The van der Waals surface area contributed by atoms with E-state index in [1.54, 1.807) is 35.6 Å². The van der Waals surface area contributed by atoms with Crippen molar-refractivity contribution >= 4 is 23.0 Å². The van der Waals surface area contributed by atoms with Crippen LogP contribution < -0.4 is 10.1 Å². The highest BCUT2D eigenvalue weighted by atomic mass is 32.1. The van der Waals surface area contributed by atoms with E-state index in [1.807, 2.05) is 13.0 Å². The third-order valence-corrected chi connectivity index (χ3v) is 5.69. The predicted molar refractivity (Wildman–Crippen MR) is 109 cm³/mol. The number of benzene rings is 1. The van der Waals surface area contributed by atoms with Crippen molar-refractivity contribution in [2.45, 2.75) is 19.4 Å². The summed E-state index contributed by atoms with van der Waals surface area (Å²) in [4.78, 5) is 27.5. The summed E-state index contributed by atoms with van der Waals surface area (Å²) in [7, 11) is 0. The number of ether oxygens (including phenoxy) is 2. The minimum absolute atomic E-state index is 0.0542. The fourth-order valence-electron chi connectivity index (χ4n) is 3.13. The van der Waals surface area contributed by atoms with E-state index in [-0.39, 0.29) is 24.3 Å². The molecule has 1 aliphatic rings. The van der Waals surface area contributed by atoms with Crippen LogP contribution in [-0.2, 0) is 9.53 Å². The number of morpholine rings is 1. The molecule has 1 amide bonds. The molecule has 0 spiro atoms. The van der Waals surface area contributed by atoms with Crippen molar-refractivity contribution in [3.8, 4) is 5.75 Å². The maximum Gasteiger partial charge on any atom is 0.258 e. The first-order valence-electron chi connectivity index (χ1n) is 9.55.